The Morgan fingerprint density at radius 1 is 0.811 bits per heavy atom. The molecule has 2 aliphatic rings. The molecule has 0 bridgehead atoms. The Hall–Kier alpha value is -6.31. The molecule has 0 spiro atoms. The Morgan fingerprint density at radius 3 is 2.40 bits per heavy atom. The van der Waals surface area contributed by atoms with Crippen LogP contribution in [0.2, 0.25) is 0 Å². The fraction of sp³-hybridized carbons (Fsp3) is 0.225. The van der Waals surface area contributed by atoms with Crippen LogP contribution in [-0.2, 0) is 19.1 Å². The number of fused-ring (bicyclic) bond motifs is 3. The summed E-state index contributed by atoms with van der Waals surface area (Å²) in [7, 11) is 0. The summed E-state index contributed by atoms with van der Waals surface area (Å²) in [5.41, 5.74) is 4.34. The Bertz CT molecular complexity index is 2250. The third-order valence-corrected chi connectivity index (χ3v) is 9.08. The number of H-pyrrole nitrogens is 1. The molecular weight excluding hydrogens is 676 g/mol. The lowest BCUT2D eigenvalue weighted by Crippen LogP contribution is -2.54. The summed E-state index contributed by atoms with van der Waals surface area (Å²) in [6.07, 6.45) is 6.87. The van der Waals surface area contributed by atoms with Crippen LogP contribution < -0.4 is 21.3 Å². The van der Waals surface area contributed by atoms with Crippen LogP contribution in [0.3, 0.4) is 0 Å². The van der Waals surface area contributed by atoms with Crippen LogP contribution in [0, 0.1) is 0 Å². The molecule has 0 saturated carbocycles. The molecule has 2 aliphatic heterocycles. The highest BCUT2D eigenvalue weighted by Gasteiger charge is 2.45. The van der Waals surface area contributed by atoms with Gasteiger partial charge in [0.2, 0.25) is 11.8 Å². The van der Waals surface area contributed by atoms with E-state index in [0.717, 1.165) is 38.6 Å². The summed E-state index contributed by atoms with van der Waals surface area (Å²) in [6, 6.07) is 23.3. The van der Waals surface area contributed by atoms with Crippen LogP contribution in [0.5, 0.6) is 0 Å². The second-order valence-corrected chi connectivity index (χ2v) is 12.7. The lowest BCUT2D eigenvalue weighted by Gasteiger charge is -2.27. The number of ether oxygens (including phenoxy) is 2. The van der Waals surface area contributed by atoms with E-state index in [-0.39, 0.29) is 30.0 Å². The summed E-state index contributed by atoms with van der Waals surface area (Å²) in [6.45, 7) is 2.10. The van der Waals surface area contributed by atoms with Gasteiger partial charge in [0.1, 0.15) is 6.04 Å². The highest BCUT2D eigenvalue weighted by Crippen LogP contribution is 2.32. The summed E-state index contributed by atoms with van der Waals surface area (Å²) in [5, 5.41) is 14.3. The lowest BCUT2D eigenvalue weighted by molar-refractivity contribution is -0.136. The van der Waals surface area contributed by atoms with Crippen LogP contribution in [-0.4, -0.2) is 78.6 Å². The number of hydrogen-bond donors (Lipinski definition) is 5. The van der Waals surface area contributed by atoms with Gasteiger partial charge in [-0.15, -0.1) is 0 Å². The average molecular weight is 715 g/mol. The number of carbonyl (C=O) groups is 5. The second kappa shape index (κ2) is 15.9. The number of aromatic amines is 1. The molecule has 53 heavy (non-hydrogen) atoms. The van der Waals surface area contributed by atoms with Gasteiger partial charge in [-0.05, 0) is 83.1 Å². The van der Waals surface area contributed by atoms with E-state index in [1.165, 1.54) is 0 Å². The van der Waals surface area contributed by atoms with E-state index < -0.39 is 29.7 Å². The molecule has 13 nitrogen and oxygen atoms in total. The van der Waals surface area contributed by atoms with Gasteiger partial charge in [0.15, 0.2) is 0 Å². The van der Waals surface area contributed by atoms with Crippen molar-refractivity contribution in [3.63, 3.8) is 0 Å². The normalized spacial score (nSPS) is 15.7. The van der Waals surface area contributed by atoms with Crippen LogP contribution in [0.4, 0.5) is 21.9 Å². The lowest BCUT2D eigenvalue weighted by atomic mass is 10.0. The highest BCUT2D eigenvalue weighted by atomic mass is 16.5. The predicted octanol–water partition coefficient (Wildman–Crippen LogP) is 5.91. The van der Waals surface area contributed by atoms with Crippen LogP contribution in [0.25, 0.3) is 27.8 Å². The second-order valence-electron chi connectivity index (χ2n) is 12.7. The number of hydrogen-bond acceptors (Lipinski definition) is 8. The molecule has 1 atom stereocenters. The molecule has 0 radical (unpaired) electrons. The number of aromatic nitrogens is 1. The number of piperidine rings is 1. The third-order valence-electron chi connectivity index (χ3n) is 9.08. The summed E-state index contributed by atoms with van der Waals surface area (Å²) < 4.78 is 11.4. The molecule has 0 aliphatic carbocycles. The number of benzene rings is 4. The van der Waals surface area contributed by atoms with E-state index in [0.29, 0.717) is 50.0 Å². The molecule has 1 saturated heterocycles. The fourth-order valence-electron chi connectivity index (χ4n) is 6.48. The number of imide groups is 2. The van der Waals surface area contributed by atoms with Gasteiger partial charge in [0.05, 0.1) is 37.6 Å². The van der Waals surface area contributed by atoms with Gasteiger partial charge in [0.25, 0.3) is 11.8 Å². The maximum atomic E-state index is 13.2. The maximum absolute atomic E-state index is 13.2. The number of rotatable bonds is 14. The number of anilines is 3. The van der Waals surface area contributed by atoms with E-state index in [9.17, 15) is 24.0 Å². The quantitative estimate of drug-likeness (QED) is 0.0698. The van der Waals surface area contributed by atoms with Crippen molar-refractivity contribution in [2.75, 3.05) is 48.9 Å². The summed E-state index contributed by atoms with van der Waals surface area (Å²) in [5.74, 6) is -2.16. The predicted molar refractivity (Wildman–Crippen MR) is 202 cm³/mol. The Kier molecular flexibility index (Phi) is 10.6. The van der Waals surface area contributed by atoms with Gasteiger partial charge in [0, 0.05) is 41.7 Å². The van der Waals surface area contributed by atoms with Crippen molar-refractivity contribution < 1.29 is 33.4 Å². The molecule has 1 unspecified atom stereocenters. The van der Waals surface area contributed by atoms with Crippen molar-refractivity contribution in [1.82, 2.24) is 15.2 Å². The van der Waals surface area contributed by atoms with Crippen LogP contribution >= 0.6 is 0 Å². The van der Waals surface area contributed by atoms with E-state index in [4.69, 9.17) is 9.47 Å². The smallest absolute Gasteiger partial charge is 0.323 e. The summed E-state index contributed by atoms with van der Waals surface area (Å²) in [4.78, 5) is 66.8. The first kappa shape index (κ1) is 35.1. The van der Waals surface area contributed by atoms with Crippen molar-refractivity contribution in [2.24, 2.45) is 0 Å². The van der Waals surface area contributed by atoms with Gasteiger partial charge in [-0.3, -0.25) is 29.4 Å². The zero-order valence-electron chi connectivity index (χ0n) is 28.8. The maximum Gasteiger partial charge on any atom is 0.323 e. The standard InChI is InChI=1S/C40H38N6O7/c47-35-14-13-34(37(48)45-35)46-38(49)31-5-3-6-32(36(31)39(46)50)42-17-19-53-21-20-52-18-2-1-4-25-7-8-28-23-29(12-10-27(28)22-25)43-40(51)44-30-11-9-26-15-16-41-33(26)24-30/h1,3-12,15-16,22-24,34,41-42H,2,13-14,17-21H2,(H2,43,44,51)(H,45,47,48)/b4-1+. The van der Waals surface area contributed by atoms with E-state index in [1.807, 2.05) is 66.9 Å². The molecule has 13 heteroatoms. The van der Waals surface area contributed by atoms with E-state index >= 15 is 0 Å². The van der Waals surface area contributed by atoms with Crippen molar-refractivity contribution in [3.05, 3.63) is 108 Å². The average Bonchev–Trinajstić information content (AvgIpc) is 3.72. The topological polar surface area (TPSA) is 171 Å². The van der Waals surface area contributed by atoms with Crippen molar-refractivity contribution in [1.29, 1.82) is 0 Å². The SMILES string of the molecule is O=C1CCC(N2C(=O)c3cccc(NCCOCCOCC/C=C/c4ccc5cc(NC(=O)Nc6ccc7cc[nH]c7c6)ccc5c4)c3C2=O)C(=O)N1. The first-order valence-electron chi connectivity index (χ1n) is 17.4. The molecule has 5 aromatic rings. The highest BCUT2D eigenvalue weighted by molar-refractivity contribution is 6.25. The third kappa shape index (κ3) is 8.11. The van der Waals surface area contributed by atoms with Crippen molar-refractivity contribution in [3.8, 4) is 0 Å². The molecule has 4 aromatic carbocycles. The molecule has 6 amide bonds. The Morgan fingerprint density at radius 2 is 1.57 bits per heavy atom. The Balaban J connectivity index is 0.787. The largest absolute Gasteiger partial charge is 0.382 e. The van der Waals surface area contributed by atoms with E-state index in [1.54, 1.807) is 18.2 Å². The zero-order valence-corrected chi connectivity index (χ0v) is 28.8. The summed E-state index contributed by atoms with van der Waals surface area (Å²) >= 11 is 0. The number of nitrogens with one attached hydrogen (secondary N) is 5. The van der Waals surface area contributed by atoms with Crippen LogP contribution in [0.1, 0.15) is 45.5 Å². The number of carbonyl (C=O) groups excluding carboxylic acids is 5. The minimum Gasteiger partial charge on any atom is -0.382 e. The fourth-order valence-corrected chi connectivity index (χ4v) is 6.48. The minimum atomic E-state index is -1.01. The van der Waals surface area contributed by atoms with Crippen molar-refractivity contribution >= 4 is 74.5 Å². The molecule has 1 aromatic heterocycles. The molecule has 1 fully saturated rings. The molecule has 270 valence electrons. The van der Waals surface area contributed by atoms with Gasteiger partial charge < -0.3 is 30.4 Å². The first-order chi connectivity index (χ1) is 25.8. The minimum absolute atomic E-state index is 0.0668. The van der Waals surface area contributed by atoms with Crippen LogP contribution in [0.15, 0.2) is 91.1 Å². The van der Waals surface area contributed by atoms with Gasteiger partial charge in [-0.1, -0.05) is 42.5 Å². The van der Waals surface area contributed by atoms with Crippen molar-refractivity contribution in [2.45, 2.75) is 25.3 Å². The molecule has 5 N–H and O–H groups in total. The number of amides is 6. The van der Waals surface area contributed by atoms with E-state index in [2.05, 4.69) is 38.4 Å². The number of urea groups is 1. The van der Waals surface area contributed by atoms with Gasteiger partial charge in [-0.2, -0.15) is 0 Å². The first-order valence-corrected chi connectivity index (χ1v) is 17.4. The zero-order chi connectivity index (χ0) is 36.7. The monoisotopic (exact) mass is 714 g/mol. The molecule has 7 rings (SSSR count). The molecule has 3 heterocycles. The Labute approximate surface area is 304 Å². The molecular formula is C40H38N6O7. The van der Waals surface area contributed by atoms with Gasteiger partial charge >= 0.3 is 6.03 Å². The van der Waals surface area contributed by atoms with Gasteiger partial charge in [-0.25, -0.2) is 4.79 Å². The number of nitrogens with zero attached hydrogens (tertiary/aromatic N) is 1.